The van der Waals surface area contributed by atoms with E-state index in [4.69, 9.17) is 23.7 Å². The topological polar surface area (TPSA) is 46.2 Å². The van der Waals surface area contributed by atoms with Gasteiger partial charge in [-0.3, -0.25) is 0 Å². The summed E-state index contributed by atoms with van der Waals surface area (Å²) < 4.78 is 30.9. The van der Waals surface area contributed by atoms with Crippen molar-refractivity contribution in [2.75, 3.05) is 33.0 Å². The Morgan fingerprint density at radius 2 is 0.830 bits per heavy atom. The fourth-order valence-corrected chi connectivity index (χ4v) is 6.31. The Bertz CT molecular complexity index is 1920. The van der Waals surface area contributed by atoms with Crippen LogP contribution in [-0.4, -0.2) is 33.0 Å². The molecule has 0 bridgehead atoms. The second-order valence-corrected chi connectivity index (χ2v) is 12.5. The number of benzene rings is 5. The molecule has 270 valence electrons. The van der Waals surface area contributed by atoms with E-state index in [9.17, 15) is 0 Å². The van der Waals surface area contributed by atoms with Crippen LogP contribution in [0.5, 0.6) is 28.7 Å². The molecule has 5 nitrogen and oxygen atoms in total. The number of ether oxygens (including phenoxy) is 5. The molecular weight excluding hydrogens is 657 g/mol. The van der Waals surface area contributed by atoms with Gasteiger partial charge in [0.05, 0.1) is 0 Å². The maximum absolute atomic E-state index is 6.48. The van der Waals surface area contributed by atoms with Gasteiger partial charge in [0.25, 0.3) is 0 Å². The summed E-state index contributed by atoms with van der Waals surface area (Å²) >= 11 is 0. The zero-order valence-electron chi connectivity index (χ0n) is 30.8. The highest BCUT2D eigenvalue weighted by Crippen LogP contribution is 2.48. The van der Waals surface area contributed by atoms with Crippen molar-refractivity contribution < 1.29 is 23.7 Å². The molecule has 0 atom stereocenters. The maximum atomic E-state index is 6.48. The van der Waals surface area contributed by atoms with Crippen LogP contribution in [-0.2, 0) is 0 Å². The quantitative estimate of drug-likeness (QED) is 0.0596. The van der Waals surface area contributed by atoms with Crippen molar-refractivity contribution in [2.45, 2.75) is 19.8 Å². The van der Waals surface area contributed by atoms with Gasteiger partial charge in [0.15, 0.2) is 0 Å². The molecule has 0 aliphatic carbocycles. The first kappa shape index (κ1) is 38.0. The second-order valence-electron chi connectivity index (χ2n) is 12.5. The van der Waals surface area contributed by atoms with Crippen molar-refractivity contribution in [1.82, 2.24) is 0 Å². The van der Waals surface area contributed by atoms with Crippen molar-refractivity contribution in [3.63, 3.8) is 0 Å². The number of hydrogen-bond donors (Lipinski definition) is 0. The molecule has 5 rings (SSSR count). The molecule has 0 saturated carbocycles. The van der Waals surface area contributed by atoms with Gasteiger partial charge in [-0.15, -0.1) is 0 Å². The van der Waals surface area contributed by atoms with E-state index in [0.29, 0.717) is 33.0 Å². The van der Waals surface area contributed by atoms with Gasteiger partial charge in [0.1, 0.15) is 61.8 Å². The Morgan fingerprint density at radius 3 is 1.26 bits per heavy atom. The van der Waals surface area contributed by atoms with Crippen molar-refractivity contribution in [3.8, 4) is 51.0 Å². The van der Waals surface area contributed by atoms with Crippen LogP contribution in [0.1, 0.15) is 33.7 Å². The van der Waals surface area contributed by atoms with Gasteiger partial charge in [-0.25, -0.2) is 0 Å². The van der Waals surface area contributed by atoms with Crippen LogP contribution in [0.4, 0.5) is 0 Å². The highest BCUT2D eigenvalue weighted by Gasteiger charge is 2.29. The van der Waals surface area contributed by atoms with Crippen LogP contribution >= 0.6 is 0 Å². The summed E-state index contributed by atoms with van der Waals surface area (Å²) in [7, 11) is 0. The molecule has 0 radical (unpaired) electrons. The minimum Gasteiger partial charge on any atom is -0.490 e. The van der Waals surface area contributed by atoms with Crippen molar-refractivity contribution in [1.29, 1.82) is 0 Å². The molecule has 0 aliphatic heterocycles. The lowest BCUT2D eigenvalue weighted by Gasteiger charge is -2.28. The monoisotopic (exact) mass is 704 g/mol. The van der Waals surface area contributed by atoms with Crippen LogP contribution in [0, 0.1) is 13.8 Å². The van der Waals surface area contributed by atoms with Crippen LogP contribution in [0.3, 0.4) is 0 Å². The smallest absolute Gasteiger partial charge is 0.126 e. The number of rotatable bonds is 20. The van der Waals surface area contributed by atoms with E-state index in [0.717, 1.165) is 78.8 Å². The van der Waals surface area contributed by atoms with Crippen LogP contribution < -0.4 is 23.7 Å². The van der Waals surface area contributed by atoms with Gasteiger partial charge in [0, 0.05) is 22.6 Å². The minimum atomic E-state index is -0.390. The largest absolute Gasteiger partial charge is 0.490 e. The van der Waals surface area contributed by atoms with E-state index >= 15 is 0 Å². The number of hydrogen-bond acceptors (Lipinski definition) is 5. The zero-order chi connectivity index (χ0) is 37.6. The predicted molar refractivity (Wildman–Crippen MR) is 219 cm³/mol. The molecular formula is C48H48O5. The lowest BCUT2D eigenvalue weighted by atomic mass is 9.80. The van der Waals surface area contributed by atoms with Gasteiger partial charge >= 0.3 is 0 Å². The SMILES string of the molecule is C=CCOc1ccc(-c2ccc(OCC=C)c(C(c3cc(-c4ccc(OCC=C)cc4)ccc3OCC=C)c3cc(C)cc(C)c3OCC=C)c2)cc1. The Hall–Kier alpha value is -6.20. The first-order valence-electron chi connectivity index (χ1n) is 17.7. The average Bonchev–Trinajstić information content (AvgIpc) is 3.18. The summed E-state index contributed by atoms with van der Waals surface area (Å²) in [5.74, 6) is 3.40. The van der Waals surface area contributed by atoms with E-state index in [1.807, 2.05) is 36.4 Å². The van der Waals surface area contributed by atoms with Gasteiger partial charge < -0.3 is 23.7 Å². The molecule has 5 aromatic rings. The molecule has 0 aliphatic rings. The Labute approximate surface area is 314 Å². The standard InChI is InChI=1S/C48H48O5/c1-8-25-49-40-19-13-36(14-20-40)38-17-23-45(51-27-10-3)42(32-38)47(44-31-34(6)30-35(7)48(44)53-29-12-5)43-33-39(18-24-46(43)52-28-11-4)37-15-21-41(22-16-37)50-26-9-2/h8-24,30-33,47H,1-5,25-29H2,6-7H3. The lowest BCUT2D eigenvalue weighted by molar-refractivity contribution is 0.347. The third-order valence-corrected chi connectivity index (χ3v) is 8.57. The van der Waals surface area contributed by atoms with E-state index in [1.54, 1.807) is 30.4 Å². The molecule has 0 saturated heterocycles. The van der Waals surface area contributed by atoms with Crippen LogP contribution in [0.2, 0.25) is 0 Å². The fraction of sp³-hybridized carbons (Fsp3) is 0.167. The number of aryl methyl sites for hydroxylation is 2. The summed E-state index contributed by atoms with van der Waals surface area (Å²) in [5.41, 5.74) is 9.09. The molecule has 53 heavy (non-hydrogen) atoms. The molecule has 5 heteroatoms. The lowest BCUT2D eigenvalue weighted by Crippen LogP contribution is -2.12. The normalized spacial score (nSPS) is 10.6. The van der Waals surface area contributed by atoms with Gasteiger partial charge in [0.2, 0.25) is 0 Å². The van der Waals surface area contributed by atoms with Crippen molar-refractivity contribution >= 4 is 0 Å². The van der Waals surface area contributed by atoms with E-state index in [-0.39, 0.29) is 0 Å². The van der Waals surface area contributed by atoms with Gasteiger partial charge in [-0.1, -0.05) is 117 Å². The van der Waals surface area contributed by atoms with Crippen molar-refractivity contribution in [2.24, 2.45) is 0 Å². The highest BCUT2D eigenvalue weighted by atomic mass is 16.5. The molecule has 0 heterocycles. The summed E-state index contributed by atoms with van der Waals surface area (Å²) in [4.78, 5) is 0. The van der Waals surface area contributed by atoms with E-state index in [1.165, 1.54) is 0 Å². The highest BCUT2D eigenvalue weighted by molar-refractivity contribution is 5.72. The molecule has 0 N–H and O–H groups in total. The van der Waals surface area contributed by atoms with Gasteiger partial charge in [-0.2, -0.15) is 0 Å². The fourth-order valence-electron chi connectivity index (χ4n) is 6.31. The zero-order valence-corrected chi connectivity index (χ0v) is 30.8. The molecule has 0 spiro atoms. The third-order valence-electron chi connectivity index (χ3n) is 8.57. The van der Waals surface area contributed by atoms with Crippen molar-refractivity contribution in [3.05, 3.63) is 188 Å². The van der Waals surface area contributed by atoms with Crippen LogP contribution in [0.25, 0.3) is 22.3 Å². The summed E-state index contributed by atoms with van der Waals surface area (Å²) in [5, 5.41) is 0. The van der Waals surface area contributed by atoms with Crippen LogP contribution in [0.15, 0.2) is 160 Å². The first-order chi connectivity index (χ1) is 25.9. The third kappa shape index (κ3) is 9.57. The van der Waals surface area contributed by atoms with E-state index < -0.39 is 5.92 Å². The average molecular weight is 705 g/mol. The Morgan fingerprint density at radius 1 is 0.434 bits per heavy atom. The molecule has 0 fully saturated rings. The first-order valence-corrected chi connectivity index (χ1v) is 17.7. The predicted octanol–water partition coefficient (Wildman–Crippen LogP) is 11.6. The maximum Gasteiger partial charge on any atom is 0.126 e. The molecule has 0 unspecified atom stereocenters. The van der Waals surface area contributed by atoms with E-state index in [2.05, 4.69) is 107 Å². The summed E-state index contributed by atoms with van der Waals surface area (Å²) in [6.07, 6.45) is 8.75. The minimum absolute atomic E-state index is 0.335. The summed E-state index contributed by atoms with van der Waals surface area (Å²) in [6, 6.07) is 33.1. The summed E-state index contributed by atoms with van der Waals surface area (Å²) in [6.45, 7) is 25.4. The molecule has 5 aromatic carbocycles. The molecule has 0 amide bonds. The second kappa shape index (κ2) is 18.9. The molecule has 0 aromatic heterocycles. The van der Waals surface area contributed by atoms with Gasteiger partial charge in [-0.05, 0) is 90.2 Å². The Balaban J connectivity index is 1.80. The Kier molecular flexibility index (Phi) is 13.5.